The van der Waals surface area contributed by atoms with Crippen LogP contribution in [0.5, 0.6) is 0 Å². The Hall–Kier alpha value is -2.24. The fourth-order valence-electron chi connectivity index (χ4n) is 4.10. The van der Waals surface area contributed by atoms with E-state index in [2.05, 4.69) is 37.2 Å². The number of carboxylic acid groups (broad SMARTS) is 1. The summed E-state index contributed by atoms with van der Waals surface area (Å²) in [7, 11) is 4.12. The maximum absolute atomic E-state index is 12.0. The lowest BCUT2D eigenvalue weighted by Crippen LogP contribution is -2.27. The molecule has 0 amide bonds. The largest absolute Gasteiger partial charge is 0.479 e. The first-order valence-electron chi connectivity index (χ1n) is 10.7. The molecule has 5 nitrogen and oxygen atoms in total. The van der Waals surface area contributed by atoms with E-state index in [0.717, 1.165) is 41.5 Å². The summed E-state index contributed by atoms with van der Waals surface area (Å²) in [6.45, 7) is 8.34. The van der Waals surface area contributed by atoms with E-state index >= 15 is 0 Å². The van der Waals surface area contributed by atoms with Crippen LogP contribution >= 0.6 is 0 Å². The molecule has 0 saturated carbocycles. The van der Waals surface area contributed by atoms with E-state index in [4.69, 9.17) is 9.72 Å². The molecule has 0 aliphatic heterocycles. The first kappa shape index (κ1) is 22.4. The van der Waals surface area contributed by atoms with Gasteiger partial charge in [0.25, 0.3) is 0 Å². The number of ether oxygens (including phenoxy) is 1. The topological polar surface area (TPSA) is 62.7 Å². The van der Waals surface area contributed by atoms with Gasteiger partial charge in [0.1, 0.15) is 0 Å². The molecule has 0 spiro atoms. The highest BCUT2D eigenvalue weighted by molar-refractivity contribution is 5.84. The van der Waals surface area contributed by atoms with Gasteiger partial charge in [0.05, 0.1) is 16.8 Å². The summed E-state index contributed by atoms with van der Waals surface area (Å²) in [6.07, 6.45) is 6.98. The van der Waals surface area contributed by atoms with Crippen molar-refractivity contribution in [3.63, 3.8) is 0 Å². The van der Waals surface area contributed by atoms with Crippen molar-refractivity contribution in [3.8, 4) is 0 Å². The number of carbonyl (C=O) groups is 1. The molecule has 1 aromatic carbocycles. The number of allylic oxidation sites excluding steroid dienone is 2. The molecule has 1 unspecified atom stereocenters. The molecule has 1 heterocycles. The number of hydrogen-bond acceptors (Lipinski definition) is 4. The number of hydrogen-bond donors (Lipinski definition) is 1. The first-order chi connectivity index (χ1) is 14.0. The molecule has 1 N–H and O–H groups in total. The molecule has 1 aliphatic rings. The fourth-order valence-corrected chi connectivity index (χ4v) is 4.10. The Morgan fingerprint density at radius 3 is 2.60 bits per heavy atom. The predicted octanol–water partition coefficient (Wildman–Crippen LogP) is 5.37. The molecular formula is C25H34N2O3. The molecule has 0 bridgehead atoms. The predicted molar refractivity (Wildman–Crippen MR) is 121 cm³/mol. The van der Waals surface area contributed by atoms with Gasteiger partial charge in [-0.15, -0.1) is 0 Å². The van der Waals surface area contributed by atoms with Crippen molar-refractivity contribution >= 4 is 16.9 Å². The summed E-state index contributed by atoms with van der Waals surface area (Å²) in [6, 6.07) is 6.16. The van der Waals surface area contributed by atoms with Crippen molar-refractivity contribution in [3.05, 3.63) is 52.7 Å². The van der Waals surface area contributed by atoms with Gasteiger partial charge < -0.3 is 14.7 Å². The molecule has 1 aromatic heterocycles. The summed E-state index contributed by atoms with van der Waals surface area (Å²) in [5.41, 5.74) is 4.25. The fraction of sp³-hybridized carbons (Fsp3) is 0.520. The summed E-state index contributed by atoms with van der Waals surface area (Å²) in [5.74, 6) is -0.614. The Kier molecular flexibility index (Phi) is 6.63. The Balaban J connectivity index is 2.14. The third-order valence-electron chi connectivity index (χ3n) is 5.41. The van der Waals surface area contributed by atoms with Crippen molar-refractivity contribution in [2.75, 3.05) is 14.1 Å². The monoisotopic (exact) mass is 410 g/mol. The number of carboxylic acids is 1. The first-order valence-corrected chi connectivity index (χ1v) is 10.7. The van der Waals surface area contributed by atoms with E-state index in [1.807, 2.05) is 39.8 Å². The van der Waals surface area contributed by atoms with E-state index < -0.39 is 17.7 Å². The van der Waals surface area contributed by atoms with Gasteiger partial charge in [-0.05, 0) is 95.9 Å². The molecule has 0 radical (unpaired) electrons. The maximum atomic E-state index is 12.0. The number of aromatic nitrogens is 1. The van der Waals surface area contributed by atoms with Crippen LogP contribution in [-0.4, -0.2) is 40.7 Å². The van der Waals surface area contributed by atoms with E-state index in [0.29, 0.717) is 11.5 Å². The van der Waals surface area contributed by atoms with Gasteiger partial charge in [-0.3, -0.25) is 4.98 Å². The Bertz CT molecular complexity index is 957. The number of benzene rings is 1. The minimum absolute atomic E-state index is 0.358. The van der Waals surface area contributed by atoms with Gasteiger partial charge >= 0.3 is 5.97 Å². The zero-order chi connectivity index (χ0) is 22.1. The molecule has 3 rings (SSSR count). The second kappa shape index (κ2) is 8.86. The number of nitrogens with zero attached hydrogens (tertiary/aromatic N) is 2. The summed E-state index contributed by atoms with van der Waals surface area (Å²) >= 11 is 0. The van der Waals surface area contributed by atoms with Crippen molar-refractivity contribution in [1.82, 2.24) is 9.88 Å². The van der Waals surface area contributed by atoms with E-state index in [1.165, 1.54) is 12.0 Å². The summed E-state index contributed by atoms with van der Waals surface area (Å²) < 4.78 is 5.90. The number of pyridine rings is 1. The summed E-state index contributed by atoms with van der Waals surface area (Å²) in [5, 5.41) is 10.8. The SMILES string of the molecule is Cc1cc2nc(CN(C)C)c(C3C=CCCC3)cc2cc1[C@H](OC(C)(C)C)C(=O)O. The molecular weight excluding hydrogens is 376 g/mol. The van der Waals surface area contributed by atoms with Gasteiger partial charge in [-0.2, -0.15) is 0 Å². The Morgan fingerprint density at radius 2 is 2.03 bits per heavy atom. The minimum Gasteiger partial charge on any atom is -0.479 e. The van der Waals surface area contributed by atoms with Gasteiger partial charge in [0.15, 0.2) is 6.10 Å². The highest BCUT2D eigenvalue weighted by Gasteiger charge is 2.28. The number of aryl methyl sites for hydroxylation is 1. The van der Waals surface area contributed by atoms with E-state index in [9.17, 15) is 9.90 Å². The van der Waals surface area contributed by atoms with Gasteiger partial charge in [-0.1, -0.05) is 12.2 Å². The molecule has 162 valence electrons. The van der Waals surface area contributed by atoms with Crippen LogP contribution in [0.15, 0.2) is 30.4 Å². The molecule has 30 heavy (non-hydrogen) atoms. The lowest BCUT2D eigenvalue weighted by molar-refractivity contribution is -0.160. The van der Waals surface area contributed by atoms with Gasteiger partial charge in [0.2, 0.25) is 0 Å². The highest BCUT2D eigenvalue weighted by Crippen LogP contribution is 2.34. The van der Waals surface area contributed by atoms with Crippen LogP contribution in [0, 0.1) is 6.92 Å². The van der Waals surface area contributed by atoms with Crippen LogP contribution in [0.4, 0.5) is 0 Å². The van der Waals surface area contributed by atoms with Crippen LogP contribution in [0.1, 0.15) is 74.4 Å². The number of aliphatic carboxylic acids is 1. The number of fused-ring (bicyclic) bond motifs is 1. The van der Waals surface area contributed by atoms with Gasteiger partial charge in [-0.25, -0.2) is 4.79 Å². The van der Waals surface area contributed by atoms with Crippen molar-refractivity contribution < 1.29 is 14.6 Å². The third kappa shape index (κ3) is 5.27. The normalized spacial score (nSPS) is 18.2. The zero-order valence-electron chi connectivity index (χ0n) is 19.0. The summed E-state index contributed by atoms with van der Waals surface area (Å²) in [4.78, 5) is 19.1. The van der Waals surface area contributed by atoms with Crippen LogP contribution in [0.2, 0.25) is 0 Å². The van der Waals surface area contributed by atoms with Crippen molar-refractivity contribution in [1.29, 1.82) is 0 Å². The third-order valence-corrected chi connectivity index (χ3v) is 5.41. The highest BCUT2D eigenvalue weighted by atomic mass is 16.5. The second-order valence-corrected chi connectivity index (χ2v) is 9.58. The van der Waals surface area contributed by atoms with Crippen LogP contribution < -0.4 is 0 Å². The number of rotatable bonds is 6. The Morgan fingerprint density at radius 1 is 1.30 bits per heavy atom. The van der Waals surface area contributed by atoms with Crippen molar-refractivity contribution in [2.24, 2.45) is 0 Å². The van der Waals surface area contributed by atoms with Crippen LogP contribution in [0.25, 0.3) is 10.9 Å². The quantitative estimate of drug-likeness (QED) is 0.649. The molecule has 2 aromatic rings. The molecule has 1 aliphatic carbocycles. The average molecular weight is 411 g/mol. The zero-order valence-corrected chi connectivity index (χ0v) is 19.0. The average Bonchev–Trinajstić information content (AvgIpc) is 2.65. The Labute approximate surface area is 179 Å². The molecule has 5 heteroatoms. The van der Waals surface area contributed by atoms with E-state index in [1.54, 1.807) is 0 Å². The van der Waals surface area contributed by atoms with Gasteiger partial charge in [0, 0.05) is 17.8 Å². The molecule has 0 fully saturated rings. The van der Waals surface area contributed by atoms with Crippen molar-refractivity contribution in [2.45, 2.75) is 71.1 Å². The maximum Gasteiger partial charge on any atom is 0.337 e. The molecule has 2 atom stereocenters. The smallest absolute Gasteiger partial charge is 0.337 e. The lowest BCUT2D eigenvalue weighted by atomic mass is 9.87. The van der Waals surface area contributed by atoms with Crippen LogP contribution in [-0.2, 0) is 16.1 Å². The van der Waals surface area contributed by atoms with E-state index in [-0.39, 0.29) is 0 Å². The minimum atomic E-state index is -1.01. The van der Waals surface area contributed by atoms with Crippen LogP contribution in [0.3, 0.4) is 0 Å². The standard InChI is InChI=1S/C25H34N2O3/c1-16-12-21-18(13-19(16)23(24(28)29)30-25(2,3)4)14-20(17-10-8-7-9-11-17)22(26-21)15-27(5)6/h8,10,12-14,17,23H,7,9,11,15H2,1-6H3,(H,28,29)/t17?,23-/m0/s1. The second-order valence-electron chi connectivity index (χ2n) is 9.58. The lowest BCUT2D eigenvalue weighted by Gasteiger charge is -2.27. The molecule has 0 saturated heterocycles.